The van der Waals surface area contributed by atoms with E-state index in [9.17, 15) is 4.79 Å². The summed E-state index contributed by atoms with van der Waals surface area (Å²) in [4.78, 5) is 10.7. The highest BCUT2D eigenvalue weighted by atomic mass is 16.1. The number of carbonyl (C=O) groups is 1. The average Bonchev–Trinajstić information content (AvgIpc) is 1.82. The SMILES string of the molecule is CC(=O)C(C)CNC(C)C. The van der Waals surface area contributed by atoms with Crippen molar-refractivity contribution < 1.29 is 4.79 Å². The molecule has 2 nitrogen and oxygen atoms in total. The minimum atomic E-state index is 0.155. The molecule has 0 heterocycles. The zero-order chi connectivity index (χ0) is 8.15. The van der Waals surface area contributed by atoms with Crippen LogP contribution in [0, 0.1) is 5.92 Å². The van der Waals surface area contributed by atoms with Crippen LogP contribution in [-0.4, -0.2) is 18.4 Å². The van der Waals surface area contributed by atoms with Gasteiger partial charge in [0, 0.05) is 18.5 Å². The summed E-state index contributed by atoms with van der Waals surface area (Å²) in [5.74, 6) is 0.413. The van der Waals surface area contributed by atoms with E-state index in [-0.39, 0.29) is 11.7 Å². The Morgan fingerprint density at radius 3 is 2.20 bits per heavy atom. The third-order valence-electron chi connectivity index (χ3n) is 1.53. The normalized spacial score (nSPS) is 13.7. The maximum Gasteiger partial charge on any atom is 0.133 e. The highest BCUT2D eigenvalue weighted by molar-refractivity contribution is 5.78. The van der Waals surface area contributed by atoms with Crippen molar-refractivity contribution in [1.29, 1.82) is 0 Å². The number of hydrogen-bond donors (Lipinski definition) is 1. The molecule has 0 rings (SSSR count). The van der Waals surface area contributed by atoms with Gasteiger partial charge in [-0.15, -0.1) is 0 Å². The zero-order valence-electron chi connectivity index (χ0n) is 7.27. The lowest BCUT2D eigenvalue weighted by atomic mass is 10.1. The standard InChI is InChI=1S/C8H17NO/c1-6(2)9-5-7(3)8(4)10/h6-7,9H,5H2,1-4H3. The molecule has 0 saturated heterocycles. The van der Waals surface area contributed by atoms with Crippen LogP contribution in [0.1, 0.15) is 27.7 Å². The monoisotopic (exact) mass is 143 g/mol. The molecular formula is C8H17NO. The molecule has 0 amide bonds. The Morgan fingerprint density at radius 1 is 1.40 bits per heavy atom. The predicted octanol–water partition coefficient (Wildman–Crippen LogP) is 1.21. The first-order chi connectivity index (χ1) is 4.54. The van der Waals surface area contributed by atoms with E-state index < -0.39 is 0 Å². The second-order valence-corrected chi connectivity index (χ2v) is 3.07. The molecule has 0 aliphatic carbocycles. The summed E-state index contributed by atoms with van der Waals surface area (Å²) < 4.78 is 0. The van der Waals surface area contributed by atoms with Crippen LogP contribution in [0.2, 0.25) is 0 Å². The van der Waals surface area contributed by atoms with Gasteiger partial charge in [0.15, 0.2) is 0 Å². The van der Waals surface area contributed by atoms with Crippen LogP contribution in [0.4, 0.5) is 0 Å². The van der Waals surface area contributed by atoms with Gasteiger partial charge in [0.2, 0.25) is 0 Å². The molecule has 1 N–H and O–H groups in total. The summed E-state index contributed by atoms with van der Waals surface area (Å²) in [6.45, 7) is 8.52. The molecule has 0 aromatic rings. The average molecular weight is 143 g/mol. The molecule has 10 heavy (non-hydrogen) atoms. The van der Waals surface area contributed by atoms with E-state index in [4.69, 9.17) is 0 Å². The summed E-state index contributed by atoms with van der Waals surface area (Å²) >= 11 is 0. The van der Waals surface area contributed by atoms with Crippen LogP contribution in [0.5, 0.6) is 0 Å². The minimum Gasteiger partial charge on any atom is -0.314 e. The van der Waals surface area contributed by atoms with Gasteiger partial charge in [-0.1, -0.05) is 20.8 Å². The van der Waals surface area contributed by atoms with Gasteiger partial charge >= 0.3 is 0 Å². The number of rotatable bonds is 4. The second kappa shape index (κ2) is 4.45. The molecule has 0 radical (unpaired) electrons. The Morgan fingerprint density at radius 2 is 1.90 bits per heavy atom. The van der Waals surface area contributed by atoms with Crippen molar-refractivity contribution in [1.82, 2.24) is 5.32 Å². The highest BCUT2D eigenvalue weighted by Gasteiger charge is 2.06. The fourth-order valence-corrected chi connectivity index (χ4v) is 0.556. The first kappa shape index (κ1) is 9.63. The number of carbonyl (C=O) groups excluding carboxylic acids is 1. The lowest BCUT2D eigenvalue weighted by Gasteiger charge is -2.11. The van der Waals surface area contributed by atoms with E-state index in [1.165, 1.54) is 0 Å². The fraction of sp³-hybridized carbons (Fsp3) is 0.875. The molecule has 0 saturated carbocycles. The van der Waals surface area contributed by atoms with Gasteiger partial charge in [0.05, 0.1) is 0 Å². The van der Waals surface area contributed by atoms with Gasteiger partial charge in [-0.3, -0.25) is 4.79 Å². The first-order valence-corrected chi connectivity index (χ1v) is 3.78. The molecule has 0 fully saturated rings. The van der Waals surface area contributed by atoms with Crippen molar-refractivity contribution in [3.8, 4) is 0 Å². The summed E-state index contributed by atoms with van der Waals surface area (Å²) in [7, 11) is 0. The topological polar surface area (TPSA) is 29.1 Å². The van der Waals surface area contributed by atoms with Gasteiger partial charge in [-0.2, -0.15) is 0 Å². The third-order valence-corrected chi connectivity index (χ3v) is 1.53. The summed E-state index contributed by atoms with van der Waals surface area (Å²) in [6.07, 6.45) is 0. The Labute approximate surface area is 63.0 Å². The van der Waals surface area contributed by atoms with E-state index in [0.717, 1.165) is 6.54 Å². The number of ketones is 1. The Balaban J connectivity index is 3.40. The number of hydrogen-bond acceptors (Lipinski definition) is 2. The van der Waals surface area contributed by atoms with Gasteiger partial charge < -0.3 is 5.32 Å². The molecule has 0 spiro atoms. The van der Waals surface area contributed by atoms with Gasteiger partial charge in [-0.25, -0.2) is 0 Å². The Kier molecular flexibility index (Phi) is 4.28. The van der Waals surface area contributed by atoms with Gasteiger partial charge in [0.25, 0.3) is 0 Å². The van der Waals surface area contributed by atoms with Crippen molar-refractivity contribution in [2.45, 2.75) is 33.7 Å². The first-order valence-electron chi connectivity index (χ1n) is 3.78. The summed E-state index contributed by atoms with van der Waals surface area (Å²) in [6, 6.07) is 0.474. The van der Waals surface area contributed by atoms with Crippen LogP contribution in [0.15, 0.2) is 0 Å². The predicted molar refractivity (Wildman–Crippen MR) is 43.0 cm³/mol. The van der Waals surface area contributed by atoms with Crippen molar-refractivity contribution in [3.05, 3.63) is 0 Å². The molecule has 0 aromatic carbocycles. The summed E-state index contributed by atoms with van der Waals surface area (Å²) in [5, 5.41) is 3.21. The Bertz CT molecular complexity index is 110. The molecule has 0 aliphatic rings. The highest BCUT2D eigenvalue weighted by Crippen LogP contribution is 1.93. The van der Waals surface area contributed by atoms with Crippen LogP contribution in [0.3, 0.4) is 0 Å². The van der Waals surface area contributed by atoms with Crippen LogP contribution in [0.25, 0.3) is 0 Å². The van der Waals surface area contributed by atoms with Crippen molar-refractivity contribution >= 4 is 5.78 Å². The molecule has 0 aliphatic heterocycles. The van der Waals surface area contributed by atoms with E-state index in [1.54, 1.807) is 6.92 Å². The quantitative estimate of drug-likeness (QED) is 0.641. The van der Waals surface area contributed by atoms with E-state index >= 15 is 0 Å². The maximum absolute atomic E-state index is 10.7. The lowest BCUT2D eigenvalue weighted by Crippen LogP contribution is -2.30. The van der Waals surface area contributed by atoms with Crippen molar-refractivity contribution in [2.24, 2.45) is 5.92 Å². The second-order valence-electron chi connectivity index (χ2n) is 3.07. The maximum atomic E-state index is 10.7. The minimum absolute atomic E-state index is 0.155. The lowest BCUT2D eigenvalue weighted by molar-refractivity contribution is -0.120. The molecule has 0 aromatic heterocycles. The third kappa shape index (κ3) is 4.50. The van der Waals surface area contributed by atoms with Gasteiger partial charge in [0.1, 0.15) is 5.78 Å². The summed E-state index contributed by atoms with van der Waals surface area (Å²) in [5.41, 5.74) is 0. The van der Waals surface area contributed by atoms with Crippen molar-refractivity contribution in [3.63, 3.8) is 0 Å². The van der Waals surface area contributed by atoms with E-state index in [0.29, 0.717) is 6.04 Å². The smallest absolute Gasteiger partial charge is 0.133 e. The number of Topliss-reactive ketones (excluding diaryl/α,β-unsaturated/α-hetero) is 1. The molecular weight excluding hydrogens is 126 g/mol. The largest absolute Gasteiger partial charge is 0.314 e. The van der Waals surface area contributed by atoms with Crippen LogP contribution < -0.4 is 5.32 Å². The molecule has 1 unspecified atom stereocenters. The van der Waals surface area contributed by atoms with E-state index in [2.05, 4.69) is 19.2 Å². The van der Waals surface area contributed by atoms with Crippen molar-refractivity contribution in [2.75, 3.05) is 6.54 Å². The van der Waals surface area contributed by atoms with Gasteiger partial charge in [-0.05, 0) is 6.92 Å². The van der Waals surface area contributed by atoms with Crippen LogP contribution >= 0.6 is 0 Å². The number of nitrogens with one attached hydrogen (secondary N) is 1. The van der Waals surface area contributed by atoms with E-state index in [1.807, 2.05) is 6.92 Å². The molecule has 1 atom stereocenters. The Hall–Kier alpha value is -0.370. The zero-order valence-corrected chi connectivity index (χ0v) is 7.27. The molecule has 60 valence electrons. The fourth-order valence-electron chi connectivity index (χ4n) is 0.556. The molecule has 0 bridgehead atoms. The van der Waals surface area contributed by atoms with Crippen LogP contribution in [-0.2, 0) is 4.79 Å². The molecule has 2 heteroatoms.